The van der Waals surface area contributed by atoms with Crippen LogP contribution in [0.2, 0.25) is 0 Å². The van der Waals surface area contributed by atoms with E-state index in [0.29, 0.717) is 0 Å². The Morgan fingerprint density at radius 2 is 1.82 bits per heavy atom. The van der Waals surface area contributed by atoms with Crippen LogP contribution in [0.4, 0.5) is 0 Å². The number of carboxylic acid groups (broad SMARTS) is 1. The van der Waals surface area contributed by atoms with Gasteiger partial charge in [-0.3, -0.25) is 4.79 Å². The lowest BCUT2D eigenvalue weighted by atomic mass is 9.99. The zero-order chi connectivity index (χ0) is 13.0. The molecular weight excluding hydrogens is 214 g/mol. The maximum atomic E-state index is 10.9. The topological polar surface area (TPSA) is 49.3 Å². The van der Waals surface area contributed by atoms with E-state index in [4.69, 9.17) is 5.11 Å². The fraction of sp³-hybridized carbons (Fsp3) is 0.500. The van der Waals surface area contributed by atoms with Gasteiger partial charge in [0.1, 0.15) is 0 Å². The fourth-order valence-corrected chi connectivity index (χ4v) is 1.91. The van der Waals surface area contributed by atoms with Crippen LogP contribution in [0.5, 0.6) is 0 Å². The van der Waals surface area contributed by atoms with Gasteiger partial charge in [-0.05, 0) is 31.9 Å². The second kappa shape index (κ2) is 5.82. The molecule has 2 unspecified atom stereocenters. The molecule has 0 radical (unpaired) electrons. The van der Waals surface area contributed by atoms with Gasteiger partial charge in [0.05, 0.1) is 5.92 Å². The Hall–Kier alpha value is -1.35. The molecule has 2 N–H and O–H groups in total. The highest BCUT2D eigenvalue weighted by Gasteiger charge is 2.21. The van der Waals surface area contributed by atoms with Crippen molar-refractivity contribution < 1.29 is 9.90 Å². The van der Waals surface area contributed by atoms with Crippen molar-refractivity contribution in [3.05, 3.63) is 35.4 Å². The predicted molar refractivity (Wildman–Crippen MR) is 69.0 cm³/mol. The minimum Gasteiger partial charge on any atom is -0.481 e. The second-order valence-corrected chi connectivity index (χ2v) is 4.66. The fourth-order valence-electron chi connectivity index (χ4n) is 1.91. The molecule has 1 aromatic carbocycles. The molecule has 0 aromatic heterocycles. The van der Waals surface area contributed by atoms with Gasteiger partial charge in [-0.25, -0.2) is 0 Å². The summed E-state index contributed by atoms with van der Waals surface area (Å²) in [6.07, 6.45) is 0. The van der Waals surface area contributed by atoms with E-state index in [2.05, 4.69) is 31.3 Å². The van der Waals surface area contributed by atoms with E-state index in [0.717, 1.165) is 0 Å². The summed E-state index contributed by atoms with van der Waals surface area (Å²) in [6.45, 7) is 7.77. The minimum atomic E-state index is -0.762. The molecule has 0 heterocycles. The summed E-state index contributed by atoms with van der Waals surface area (Å²) in [5.74, 6) is -1.15. The summed E-state index contributed by atoms with van der Waals surface area (Å²) in [7, 11) is 0. The van der Waals surface area contributed by atoms with Crippen molar-refractivity contribution in [1.82, 2.24) is 5.32 Å². The van der Waals surface area contributed by atoms with Gasteiger partial charge < -0.3 is 10.4 Å². The molecule has 3 heteroatoms. The number of aryl methyl sites for hydroxylation is 1. The van der Waals surface area contributed by atoms with Gasteiger partial charge in [0.15, 0.2) is 0 Å². The maximum absolute atomic E-state index is 10.9. The lowest BCUT2D eigenvalue weighted by Gasteiger charge is -2.24. The summed E-state index contributed by atoms with van der Waals surface area (Å²) in [4.78, 5) is 10.9. The van der Waals surface area contributed by atoms with Crippen LogP contribution >= 0.6 is 0 Å². The molecule has 0 aliphatic rings. The van der Waals surface area contributed by atoms with Crippen molar-refractivity contribution >= 4 is 5.97 Å². The first-order valence-electron chi connectivity index (χ1n) is 5.98. The quantitative estimate of drug-likeness (QED) is 0.825. The van der Waals surface area contributed by atoms with Crippen LogP contribution < -0.4 is 5.32 Å². The van der Waals surface area contributed by atoms with Crippen LogP contribution in [0, 0.1) is 12.8 Å². The van der Waals surface area contributed by atoms with Crippen molar-refractivity contribution in [2.24, 2.45) is 5.92 Å². The van der Waals surface area contributed by atoms with Crippen LogP contribution in [-0.4, -0.2) is 17.1 Å². The molecule has 3 atom stereocenters. The Morgan fingerprint density at radius 3 is 2.35 bits per heavy atom. The van der Waals surface area contributed by atoms with E-state index in [-0.39, 0.29) is 18.0 Å². The molecule has 0 aliphatic carbocycles. The zero-order valence-electron chi connectivity index (χ0n) is 10.9. The van der Waals surface area contributed by atoms with Crippen molar-refractivity contribution in [2.45, 2.75) is 39.8 Å². The summed E-state index contributed by atoms with van der Waals surface area (Å²) >= 11 is 0. The van der Waals surface area contributed by atoms with Gasteiger partial charge in [0.2, 0.25) is 0 Å². The molecule has 17 heavy (non-hydrogen) atoms. The molecule has 0 fully saturated rings. The molecule has 0 saturated carbocycles. The maximum Gasteiger partial charge on any atom is 0.307 e. The molecule has 0 aliphatic heterocycles. The molecular formula is C14H21NO2. The highest BCUT2D eigenvalue weighted by molar-refractivity contribution is 5.70. The first kappa shape index (κ1) is 13.7. The van der Waals surface area contributed by atoms with E-state index >= 15 is 0 Å². The Morgan fingerprint density at radius 1 is 1.24 bits per heavy atom. The van der Waals surface area contributed by atoms with Crippen LogP contribution in [0.15, 0.2) is 24.3 Å². The molecule has 1 aromatic rings. The summed E-state index contributed by atoms with van der Waals surface area (Å²) in [6, 6.07) is 8.26. The van der Waals surface area contributed by atoms with Gasteiger partial charge in [-0.2, -0.15) is 0 Å². The normalized spacial score (nSPS) is 16.2. The number of aliphatic carboxylic acids is 1. The third-order valence-corrected chi connectivity index (χ3v) is 3.31. The Balaban J connectivity index is 2.70. The number of rotatable bonds is 5. The van der Waals surface area contributed by atoms with Crippen molar-refractivity contribution in [3.63, 3.8) is 0 Å². The standard InChI is InChI=1S/C14H21NO2/c1-9-7-5-6-8-13(9)12(4)15-11(3)10(2)14(16)17/h5-8,10-12,15H,1-4H3,(H,16,17)/t10?,11?,12-/m1/s1. The third-order valence-electron chi connectivity index (χ3n) is 3.31. The van der Waals surface area contributed by atoms with E-state index in [1.54, 1.807) is 6.92 Å². The van der Waals surface area contributed by atoms with Crippen LogP contribution in [0.3, 0.4) is 0 Å². The van der Waals surface area contributed by atoms with Gasteiger partial charge in [0.25, 0.3) is 0 Å². The average Bonchev–Trinajstić information content (AvgIpc) is 2.28. The summed E-state index contributed by atoms with van der Waals surface area (Å²) in [5, 5.41) is 12.3. The Kier molecular flexibility index (Phi) is 4.70. The van der Waals surface area contributed by atoms with E-state index in [9.17, 15) is 4.79 Å². The van der Waals surface area contributed by atoms with E-state index in [1.165, 1.54) is 11.1 Å². The second-order valence-electron chi connectivity index (χ2n) is 4.66. The van der Waals surface area contributed by atoms with Gasteiger partial charge >= 0.3 is 5.97 Å². The minimum absolute atomic E-state index is 0.0536. The largest absolute Gasteiger partial charge is 0.481 e. The summed E-state index contributed by atoms with van der Waals surface area (Å²) < 4.78 is 0. The third kappa shape index (κ3) is 3.56. The van der Waals surface area contributed by atoms with Crippen molar-refractivity contribution in [1.29, 1.82) is 0 Å². The molecule has 3 nitrogen and oxygen atoms in total. The lowest BCUT2D eigenvalue weighted by Crippen LogP contribution is -2.37. The lowest BCUT2D eigenvalue weighted by molar-refractivity contribution is -0.142. The number of benzene rings is 1. The SMILES string of the molecule is Cc1ccccc1[C@@H](C)NC(C)C(C)C(=O)O. The van der Waals surface area contributed by atoms with Gasteiger partial charge in [0, 0.05) is 12.1 Å². The highest BCUT2D eigenvalue weighted by atomic mass is 16.4. The highest BCUT2D eigenvalue weighted by Crippen LogP contribution is 2.18. The van der Waals surface area contributed by atoms with Crippen LogP contribution in [0.1, 0.15) is 37.9 Å². The monoisotopic (exact) mass is 235 g/mol. The molecule has 0 bridgehead atoms. The molecule has 0 amide bonds. The van der Waals surface area contributed by atoms with Crippen molar-refractivity contribution in [2.75, 3.05) is 0 Å². The molecule has 1 rings (SSSR count). The average molecular weight is 235 g/mol. The number of carboxylic acids is 1. The number of carbonyl (C=O) groups is 1. The number of hydrogen-bond acceptors (Lipinski definition) is 2. The van der Waals surface area contributed by atoms with E-state index < -0.39 is 5.97 Å². The molecule has 94 valence electrons. The Bertz CT molecular complexity index is 390. The van der Waals surface area contributed by atoms with Gasteiger partial charge in [-0.1, -0.05) is 31.2 Å². The first-order chi connectivity index (χ1) is 7.93. The zero-order valence-corrected chi connectivity index (χ0v) is 10.9. The first-order valence-corrected chi connectivity index (χ1v) is 5.98. The Labute approximate surface area is 103 Å². The van der Waals surface area contributed by atoms with Crippen molar-refractivity contribution in [3.8, 4) is 0 Å². The number of hydrogen-bond donors (Lipinski definition) is 2. The van der Waals surface area contributed by atoms with Gasteiger partial charge in [-0.15, -0.1) is 0 Å². The number of nitrogens with one attached hydrogen (secondary N) is 1. The smallest absolute Gasteiger partial charge is 0.307 e. The summed E-state index contributed by atoms with van der Waals surface area (Å²) in [5.41, 5.74) is 2.44. The van der Waals surface area contributed by atoms with Crippen LogP contribution in [-0.2, 0) is 4.79 Å². The molecule has 0 saturated heterocycles. The van der Waals surface area contributed by atoms with Crippen LogP contribution in [0.25, 0.3) is 0 Å². The molecule has 0 spiro atoms. The predicted octanol–water partition coefficient (Wildman–Crippen LogP) is 2.75. The van der Waals surface area contributed by atoms with E-state index in [1.807, 2.05) is 19.1 Å².